The number of nitrogens with zero attached hydrogens (tertiary/aromatic N) is 1. The van der Waals surface area contributed by atoms with Crippen LogP contribution in [0.15, 0.2) is 57.7 Å². The van der Waals surface area contributed by atoms with E-state index in [0.717, 1.165) is 30.5 Å². The van der Waals surface area contributed by atoms with E-state index in [1.165, 1.54) is 6.07 Å². The van der Waals surface area contributed by atoms with Gasteiger partial charge in [-0.25, -0.2) is 4.79 Å². The minimum absolute atomic E-state index is 0.0962. The second-order valence-corrected chi connectivity index (χ2v) is 8.52. The molecule has 3 aromatic rings. The summed E-state index contributed by atoms with van der Waals surface area (Å²) in [7, 11) is 3.45. The van der Waals surface area contributed by atoms with E-state index in [-0.39, 0.29) is 11.9 Å². The first-order valence-electron chi connectivity index (χ1n) is 11.3. The van der Waals surface area contributed by atoms with Crippen LogP contribution >= 0.6 is 0 Å². The van der Waals surface area contributed by atoms with Gasteiger partial charge in [0.1, 0.15) is 11.3 Å². The lowest BCUT2D eigenvalue weighted by Gasteiger charge is -2.24. The van der Waals surface area contributed by atoms with Crippen LogP contribution in [0.3, 0.4) is 0 Å². The Morgan fingerprint density at radius 1 is 1.15 bits per heavy atom. The molecule has 2 aromatic carbocycles. The highest BCUT2D eigenvalue weighted by molar-refractivity contribution is 5.97. The van der Waals surface area contributed by atoms with Crippen LogP contribution in [0.5, 0.6) is 5.75 Å². The third kappa shape index (κ3) is 5.93. The normalized spacial score (nSPS) is 12.1. The molecular formula is C26H33N3O4. The summed E-state index contributed by atoms with van der Waals surface area (Å²) < 4.78 is 10.8. The van der Waals surface area contributed by atoms with E-state index in [1.807, 2.05) is 48.3 Å². The van der Waals surface area contributed by atoms with Gasteiger partial charge in [-0.1, -0.05) is 32.9 Å². The van der Waals surface area contributed by atoms with Crippen molar-refractivity contribution in [3.05, 3.63) is 59.0 Å². The molecule has 0 saturated heterocycles. The fourth-order valence-electron chi connectivity index (χ4n) is 3.81. The quantitative estimate of drug-likeness (QED) is 0.426. The minimum atomic E-state index is -0.420. The number of carbonyl (C=O) groups is 1. The molecule has 3 rings (SSSR count). The molecule has 0 saturated carbocycles. The zero-order valence-corrected chi connectivity index (χ0v) is 20.0. The number of anilines is 3. The number of benzene rings is 2. The zero-order chi connectivity index (χ0) is 24.0. The lowest BCUT2D eigenvalue weighted by molar-refractivity contribution is -0.118. The van der Waals surface area contributed by atoms with Gasteiger partial charge >= 0.3 is 5.63 Å². The summed E-state index contributed by atoms with van der Waals surface area (Å²) >= 11 is 0. The van der Waals surface area contributed by atoms with Gasteiger partial charge in [-0.2, -0.15) is 0 Å². The third-order valence-corrected chi connectivity index (χ3v) is 5.48. The van der Waals surface area contributed by atoms with Crippen molar-refractivity contribution in [3.63, 3.8) is 0 Å². The third-order valence-electron chi connectivity index (χ3n) is 5.48. The van der Waals surface area contributed by atoms with Gasteiger partial charge in [0.25, 0.3) is 0 Å². The van der Waals surface area contributed by atoms with E-state index in [4.69, 9.17) is 9.15 Å². The second kappa shape index (κ2) is 11.0. The Labute approximate surface area is 194 Å². The molecule has 1 amide bonds. The average molecular weight is 452 g/mol. The Morgan fingerprint density at radius 2 is 1.91 bits per heavy atom. The molecule has 0 unspecified atom stereocenters. The van der Waals surface area contributed by atoms with Crippen LogP contribution in [0.25, 0.3) is 11.0 Å². The molecule has 0 spiro atoms. The molecule has 0 bridgehead atoms. The van der Waals surface area contributed by atoms with Crippen molar-refractivity contribution in [2.24, 2.45) is 5.92 Å². The van der Waals surface area contributed by atoms with Crippen molar-refractivity contribution in [1.29, 1.82) is 0 Å². The van der Waals surface area contributed by atoms with Crippen LogP contribution in [0, 0.1) is 5.92 Å². The smallest absolute Gasteiger partial charge is 0.338 e. The Morgan fingerprint density at radius 3 is 2.61 bits per heavy atom. The molecule has 1 atom stereocenters. The molecule has 7 nitrogen and oxygen atoms in total. The highest BCUT2D eigenvalue weighted by atomic mass is 16.5. The molecule has 0 radical (unpaired) electrons. The van der Waals surface area contributed by atoms with Crippen LogP contribution < -0.4 is 25.9 Å². The molecule has 2 N–H and O–H groups in total. The molecule has 1 aromatic heterocycles. The highest BCUT2D eigenvalue weighted by Crippen LogP contribution is 2.34. The van der Waals surface area contributed by atoms with Crippen LogP contribution in [-0.2, 0) is 4.79 Å². The number of para-hydroxylation sites is 1. The maximum atomic E-state index is 13.1. The minimum Gasteiger partial charge on any atom is -0.495 e. The first-order valence-corrected chi connectivity index (χ1v) is 11.3. The van der Waals surface area contributed by atoms with E-state index >= 15 is 0 Å². The van der Waals surface area contributed by atoms with E-state index in [2.05, 4.69) is 31.4 Å². The molecule has 0 fully saturated rings. The average Bonchev–Trinajstić information content (AvgIpc) is 2.80. The van der Waals surface area contributed by atoms with Crippen molar-refractivity contribution in [2.75, 3.05) is 30.9 Å². The number of hydrogen-bond acceptors (Lipinski definition) is 6. The van der Waals surface area contributed by atoms with Crippen LogP contribution in [0.4, 0.5) is 17.1 Å². The van der Waals surface area contributed by atoms with Gasteiger partial charge in [0.2, 0.25) is 5.91 Å². The second-order valence-electron chi connectivity index (χ2n) is 8.52. The Hall–Kier alpha value is -3.32. The van der Waals surface area contributed by atoms with Crippen molar-refractivity contribution in [1.82, 2.24) is 5.32 Å². The standard InChI is InChI=1S/C26H33N3O4/c1-6-13-27-21(14-17(2)3)26(31)28-20-15-18(11-12-24(20)32-5)29(4)22-16-25(30)33-23-10-8-7-9-19(22)23/h7-12,15-17,21,27H,6,13-14H2,1-5H3,(H,28,31)/t21-/m0/s1. The molecule has 33 heavy (non-hydrogen) atoms. The fourth-order valence-corrected chi connectivity index (χ4v) is 3.81. The first-order chi connectivity index (χ1) is 15.8. The molecule has 176 valence electrons. The molecule has 1 heterocycles. The Kier molecular flexibility index (Phi) is 8.11. The Bertz CT molecular complexity index is 1160. The number of ether oxygens (including phenoxy) is 1. The van der Waals surface area contributed by atoms with Crippen molar-refractivity contribution < 1.29 is 13.9 Å². The van der Waals surface area contributed by atoms with Crippen molar-refractivity contribution >= 4 is 33.9 Å². The monoisotopic (exact) mass is 451 g/mol. The predicted octanol–water partition coefficient (Wildman–Crippen LogP) is 4.92. The van der Waals surface area contributed by atoms with Gasteiger partial charge in [-0.3, -0.25) is 4.79 Å². The van der Waals surface area contributed by atoms with Crippen molar-refractivity contribution in [2.45, 2.75) is 39.7 Å². The van der Waals surface area contributed by atoms with Gasteiger partial charge in [0, 0.05) is 24.2 Å². The predicted molar refractivity (Wildman–Crippen MR) is 134 cm³/mol. The van der Waals surface area contributed by atoms with Crippen LogP contribution in [0.2, 0.25) is 0 Å². The fraction of sp³-hybridized carbons (Fsp3) is 0.385. The number of carbonyl (C=O) groups excluding carboxylic acids is 1. The number of methoxy groups -OCH3 is 1. The summed E-state index contributed by atoms with van der Waals surface area (Å²) in [4.78, 5) is 27.1. The summed E-state index contributed by atoms with van der Waals surface area (Å²) in [5.74, 6) is 0.848. The maximum absolute atomic E-state index is 13.1. The lowest BCUT2D eigenvalue weighted by Crippen LogP contribution is -2.41. The highest BCUT2D eigenvalue weighted by Gasteiger charge is 2.21. The topological polar surface area (TPSA) is 83.8 Å². The molecule has 7 heteroatoms. The summed E-state index contributed by atoms with van der Waals surface area (Å²) in [6, 6.07) is 14.1. The van der Waals surface area contributed by atoms with Gasteiger partial charge in [-0.15, -0.1) is 0 Å². The maximum Gasteiger partial charge on any atom is 0.338 e. The molecule has 0 aliphatic carbocycles. The summed E-state index contributed by atoms with van der Waals surface area (Å²) in [5.41, 5.74) is 2.19. The number of nitrogens with one attached hydrogen (secondary N) is 2. The van der Waals surface area contributed by atoms with Gasteiger partial charge in [-0.05, 0) is 55.6 Å². The zero-order valence-electron chi connectivity index (χ0n) is 20.0. The van der Waals surface area contributed by atoms with E-state index < -0.39 is 5.63 Å². The van der Waals surface area contributed by atoms with Crippen molar-refractivity contribution in [3.8, 4) is 5.75 Å². The van der Waals surface area contributed by atoms with Gasteiger partial charge in [0.05, 0.1) is 24.5 Å². The van der Waals surface area contributed by atoms with E-state index in [1.54, 1.807) is 13.2 Å². The lowest BCUT2D eigenvalue weighted by atomic mass is 10.0. The Balaban J connectivity index is 1.94. The number of rotatable bonds is 10. The molecule has 0 aliphatic rings. The number of fused-ring (bicyclic) bond motifs is 1. The van der Waals surface area contributed by atoms with E-state index in [0.29, 0.717) is 28.6 Å². The summed E-state index contributed by atoms with van der Waals surface area (Å²) in [6.45, 7) is 7.05. The summed E-state index contributed by atoms with van der Waals surface area (Å²) in [6.07, 6.45) is 1.68. The van der Waals surface area contributed by atoms with Gasteiger partial charge < -0.3 is 24.7 Å². The number of amides is 1. The largest absolute Gasteiger partial charge is 0.495 e. The van der Waals surface area contributed by atoms with E-state index in [9.17, 15) is 9.59 Å². The number of hydrogen-bond donors (Lipinski definition) is 2. The SMILES string of the molecule is CCCN[C@@H](CC(C)C)C(=O)Nc1cc(N(C)c2cc(=O)oc3ccccc23)ccc1OC. The molecule has 0 aliphatic heterocycles. The summed E-state index contributed by atoms with van der Waals surface area (Å²) in [5, 5.41) is 7.20. The van der Waals surface area contributed by atoms with Crippen LogP contribution in [0.1, 0.15) is 33.6 Å². The first kappa shape index (κ1) is 24.3. The van der Waals surface area contributed by atoms with Crippen LogP contribution in [-0.4, -0.2) is 32.7 Å². The molecular weight excluding hydrogens is 418 g/mol. The van der Waals surface area contributed by atoms with Gasteiger partial charge in [0.15, 0.2) is 0 Å².